The minimum absolute atomic E-state index is 0.0858. The smallest absolute Gasteiger partial charge is 0.257 e. The third kappa shape index (κ3) is 3.76. The fourth-order valence-electron chi connectivity index (χ4n) is 1.52. The molecule has 0 saturated carbocycles. The average molecular weight is 290 g/mol. The first-order valence-electron chi connectivity index (χ1n) is 5.71. The first-order valence-corrected chi connectivity index (χ1v) is 6.12. The molecule has 3 N–H and O–H groups in total. The first kappa shape index (κ1) is 14.0. The molecule has 102 valence electrons. The van der Waals surface area contributed by atoms with Crippen LogP contribution in [0, 0.1) is 5.82 Å². The number of phenols is 1. The Morgan fingerprint density at radius 2 is 1.85 bits per heavy atom. The zero-order valence-corrected chi connectivity index (χ0v) is 11.1. The second-order valence-electron chi connectivity index (χ2n) is 3.97. The Morgan fingerprint density at radius 3 is 2.50 bits per heavy atom. The molecule has 2 aromatic carbocycles. The molecule has 0 atom stereocenters. The summed E-state index contributed by atoms with van der Waals surface area (Å²) in [4.78, 5) is 11.8. The number of rotatable bonds is 2. The van der Waals surface area contributed by atoms with Gasteiger partial charge in [0, 0.05) is 17.3 Å². The number of carbonyl (C=O) groups excluding carboxylic acids is 1. The molecule has 0 aliphatic carbocycles. The molecular weight excluding hydrogens is 279 g/mol. The van der Waals surface area contributed by atoms with E-state index < -0.39 is 11.7 Å². The highest BCUT2D eigenvalue weighted by Crippen LogP contribution is 2.15. The lowest BCUT2D eigenvalue weighted by atomic mass is 10.2. The molecule has 0 unspecified atom stereocenters. The van der Waals surface area contributed by atoms with Gasteiger partial charge in [-0.3, -0.25) is 10.1 Å². The third-order valence-electron chi connectivity index (χ3n) is 2.44. The van der Waals surface area contributed by atoms with E-state index in [1.807, 2.05) is 0 Å². The number of halogens is 1. The van der Waals surface area contributed by atoms with E-state index in [9.17, 15) is 14.3 Å². The molecule has 20 heavy (non-hydrogen) atoms. The molecular formula is C14H11FN2O2S. The Hall–Kier alpha value is -2.47. The summed E-state index contributed by atoms with van der Waals surface area (Å²) < 4.78 is 12.7. The van der Waals surface area contributed by atoms with Gasteiger partial charge in [0.05, 0.1) is 0 Å². The number of thiocarbonyl (C=S) groups is 1. The standard InChI is InChI=1S/C14H11FN2O2S/c15-10-6-4-9(5-7-10)13(19)17-14(20)16-11-2-1-3-12(18)8-11/h1-8,18H,(H2,16,17,19,20). The van der Waals surface area contributed by atoms with Gasteiger partial charge in [-0.25, -0.2) is 4.39 Å². The summed E-state index contributed by atoms with van der Waals surface area (Å²) in [6, 6.07) is 11.4. The predicted octanol–water partition coefficient (Wildman–Crippen LogP) is 2.66. The number of amides is 1. The second-order valence-corrected chi connectivity index (χ2v) is 4.37. The normalized spacial score (nSPS) is 9.85. The lowest BCUT2D eigenvalue weighted by Gasteiger charge is -2.09. The summed E-state index contributed by atoms with van der Waals surface area (Å²) in [5.41, 5.74) is 0.848. The van der Waals surface area contributed by atoms with Crippen molar-refractivity contribution in [2.75, 3.05) is 5.32 Å². The number of hydrogen-bond donors (Lipinski definition) is 3. The number of aromatic hydroxyl groups is 1. The molecule has 2 aromatic rings. The number of benzene rings is 2. The topological polar surface area (TPSA) is 61.4 Å². The Labute approximate surface area is 120 Å². The zero-order valence-electron chi connectivity index (χ0n) is 10.3. The van der Waals surface area contributed by atoms with Crippen LogP contribution in [0.2, 0.25) is 0 Å². The molecule has 0 aliphatic heterocycles. The maximum Gasteiger partial charge on any atom is 0.257 e. The Kier molecular flexibility index (Phi) is 4.27. The molecule has 4 nitrogen and oxygen atoms in total. The predicted molar refractivity (Wildman–Crippen MR) is 78.2 cm³/mol. The minimum atomic E-state index is -0.442. The van der Waals surface area contributed by atoms with Crippen molar-refractivity contribution < 1.29 is 14.3 Å². The van der Waals surface area contributed by atoms with Gasteiger partial charge in [0.1, 0.15) is 11.6 Å². The lowest BCUT2D eigenvalue weighted by Crippen LogP contribution is -2.34. The molecule has 6 heteroatoms. The molecule has 0 bridgehead atoms. The van der Waals surface area contributed by atoms with Crippen LogP contribution < -0.4 is 10.6 Å². The first-order chi connectivity index (χ1) is 9.54. The van der Waals surface area contributed by atoms with Crippen molar-refractivity contribution in [3.63, 3.8) is 0 Å². The molecule has 0 spiro atoms. The molecule has 0 aliphatic rings. The summed E-state index contributed by atoms with van der Waals surface area (Å²) in [6.07, 6.45) is 0. The maximum atomic E-state index is 12.7. The second kappa shape index (κ2) is 6.12. The molecule has 0 heterocycles. The van der Waals surface area contributed by atoms with Crippen LogP contribution >= 0.6 is 12.2 Å². The lowest BCUT2D eigenvalue weighted by molar-refractivity contribution is 0.0977. The van der Waals surface area contributed by atoms with Crippen molar-refractivity contribution in [2.45, 2.75) is 0 Å². The van der Waals surface area contributed by atoms with Crippen molar-refractivity contribution in [3.05, 3.63) is 59.9 Å². The highest BCUT2D eigenvalue weighted by atomic mass is 32.1. The fourth-order valence-corrected chi connectivity index (χ4v) is 1.73. The van der Waals surface area contributed by atoms with Crippen LogP contribution in [0.1, 0.15) is 10.4 Å². The summed E-state index contributed by atoms with van der Waals surface area (Å²) >= 11 is 4.98. The van der Waals surface area contributed by atoms with Crippen LogP contribution in [0.4, 0.5) is 10.1 Å². The summed E-state index contributed by atoms with van der Waals surface area (Å²) in [5.74, 6) is -0.771. The molecule has 0 fully saturated rings. The summed E-state index contributed by atoms with van der Waals surface area (Å²) in [5, 5.41) is 14.6. The van der Waals surface area contributed by atoms with E-state index in [1.54, 1.807) is 12.1 Å². The fraction of sp³-hybridized carbons (Fsp3) is 0. The quantitative estimate of drug-likeness (QED) is 0.744. The van der Waals surface area contributed by atoms with Crippen LogP contribution in [0.3, 0.4) is 0 Å². The Balaban J connectivity index is 1.97. The van der Waals surface area contributed by atoms with Crippen molar-refractivity contribution in [3.8, 4) is 5.75 Å². The number of nitrogens with one attached hydrogen (secondary N) is 2. The molecule has 0 saturated heterocycles. The molecule has 1 amide bonds. The van der Waals surface area contributed by atoms with Gasteiger partial charge in [-0.2, -0.15) is 0 Å². The highest BCUT2D eigenvalue weighted by Gasteiger charge is 2.08. The van der Waals surface area contributed by atoms with Gasteiger partial charge in [0.25, 0.3) is 5.91 Å². The van der Waals surface area contributed by atoms with Gasteiger partial charge < -0.3 is 10.4 Å². The van der Waals surface area contributed by atoms with Crippen molar-refractivity contribution in [1.29, 1.82) is 0 Å². The van der Waals surface area contributed by atoms with Crippen molar-refractivity contribution in [1.82, 2.24) is 5.32 Å². The summed E-state index contributed by atoms with van der Waals surface area (Å²) in [7, 11) is 0. The number of anilines is 1. The number of phenolic OH excluding ortho intramolecular Hbond substituents is 1. The van der Waals surface area contributed by atoms with Gasteiger partial charge in [0.15, 0.2) is 5.11 Å². The van der Waals surface area contributed by atoms with Crippen LogP contribution in [0.25, 0.3) is 0 Å². The van der Waals surface area contributed by atoms with E-state index in [4.69, 9.17) is 12.2 Å². The van der Waals surface area contributed by atoms with Gasteiger partial charge in [-0.15, -0.1) is 0 Å². The maximum absolute atomic E-state index is 12.7. The van der Waals surface area contributed by atoms with Crippen molar-refractivity contribution >= 4 is 28.9 Å². The van der Waals surface area contributed by atoms with Gasteiger partial charge in [-0.05, 0) is 48.6 Å². The summed E-state index contributed by atoms with van der Waals surface area (Å²) in [6.45, 7) is 0. The van der Waals surface area contributed by atoms with E-state index in [0.29, 0.717) is 11.3 Å². The van der Waals surface area contributed by atoms with E-state index >= 15 is 0 Å². The van der Waals surface area contributed by atoms with Crippen molar-refractivity contribution in [2.24, 2.45) is 0 Å². The van der Waals surface area contributed by atoms with E-state index in [0.717, 1.165) is 0 Å². The van der Waals surface area contributed by atoms with Crippen LogP contribution in [0.5, 0.6) is 5.75 Å². The zero-order chi connectivity index (χ0) is 14.5. The molecule has 0 aromatic heterocycles. The Morgan fingerprint density at radius 1 is 1.15 bits per heavy atom. The third-order valence-corrected chi connectivity index (χ3v) is 2.64. The SMILES string of the molecule is O=C(NC(=S)Nc1cccc(O)c1)c1ccc(F)cc1. The van der Waals surface area contributed by atoms with Gasteiger partial charge in [0.2, 0.25) is 0 Å². The van der Waals surface area contributed by atoms with Crippen LogP contribution in [-0.4, -0.2) is 16.1 Å². The number of carbonyl (C=O) groups is 1. The van der Waals surface area contributed by atoms with E-state index in [-0.39, 0.29) is 10.9 Å². The molecule has 2 rings (SSSR count). The molecule has 0 radical (unpaired) electrons. The van der Waals surface area contributed by atoms with Gasteiger partial charge >= 0.3 is 0 Å². The average Bonchev–Trinajstić information content (AvgIpc) is 2.39. The number of hydrogen-bond acceptors (Lipinski definition) is 3. The van der Waals surface area contributed by atoms with E-state index in [1.165, 1.54) is 36.4 Å². The highest BCUT2D eigenvalue weighted by molar-refractivity contribution is 7.80. The van der Waals surface area contributed by atoms with Gasteiger partial charge in [-0.1, -0.05) is 6.07 Å². The van der Waals surface area contributed by atoms with Crippen LogP contribution in [-0.2, 0) is 0 Å². The Bertz CT molecular complexity index is 644. The largest absolute Gasteiger partial charge is 0.508 e. The van der Waals surface area contributed by atoms with Crippen LogP contribution in [0.15, 0.2) is 48.5 Å². The minimum Gasteiger partial charge on any atom is -0.508 e. The van der Waals surface area contributed by atoms with E-state index in [2.05, 4.69) is 10.6 Å². The monoisotopic (exact) mass is 290 g/mol.